The molecule has 0 spiro atoms. The maximum atomic E-state index is 12.8. The molecule has 0 atom stereocenters. The molecule has 0 saturated carbocycles. The van der Waals surface area contributed by atoms with Gasteiger partial charge in [0.05, 0.1) is 10.6 Å². The molecule has 1 rings (SSSR count). The number of anilines is 1. The molecular weight excluding hydrogens is 352 g/mol. The van der Waals surface area contributed by atoms with E-state index in [1.54, 1.807) is 18.2 Å². The minimum Gasteiger partial charge on any atom is -0.382 e. The van der Waals surface area contributed by atoms with Gasteiger partial charge in [-0.05, 0) is 37.1 Å². The number of unbranched alkanes of at least 4 members (excludes halogenated alkanes) is 2. The van der Waals surface area contributed by atoms with Crippen molar-refractivity contribution in [3.05, 3.63) is 24.3 Å². The molecule has 0 radical (unpaired) electrons. The lowest BCUT2D eigenvalue weighted by Crippen LogP contribution is -2.33. The Kier molecular flexibility index (Phi) is 8.75. The lowest BCUT2D eigenvalue weighted by molar-refractivity contribution is 0.395. The maximum absolute atomic E-state index is 12.8. The molecule has 142 valence electrons. The van der Waals surface area contributed by atoms with Crippen LogP contribution in [0, 0.1) is 16.7 Å². The first-order valence-electron chi connectivity index (χ1n) is 8.55. The molecule has 0 unspecified atom stereocenters. The highest BCUT2D eigenvalue weighted by Gasteiger charge is 2.23. The van der Waals surface area contributed by atoms with Gasteiger partial charge < -0.3 is 5.73 Å². The number of amidine groups is 1. The highest BCUT2D eigenvalue weighted by Crippen LogP contribution is 2.19. The quantitative estimate of drug-likeness (QED) is 0.309. The number of nitriles is 1. The van der Waals surface area contributed by atoms with Crippen LogP contribution in [0.25, 0.3) is 0 Å². The van der Waals surface area contributed by atoms with Crippen molar-refractivity contribution < 1.29 is 8.42 Å². The predicted molar refractivity (Wildman–Crippen MR) is 104 cm³/mol. The molecule has 1 aromatic carbocycles. The topological polar surface area (TPSA) is 135 Å². The van der Waals surface area contributed by atoms with Crippen molar-refractivity contribution in [2.45, 2.75) is 44.4 Å². The minimum atomic E-state index is -3.55. The van der Waals surface area contributed by atoms with Crippen LogP contribution in [0.5, 0.6) is 0 Å². The SMILES string of the molecule is CCCCN(CCCC)S(=O)(=O)c1ccc(N/N=C(\C#N)C(=N)N)cc1. The summed E-state index contributed by atoms with van der Waals surface area (Å²) < 4.78 is 27.2. The van der Waals surface area contributed by atoms with Gasteiger partial charge in [-0.15, -0.1) is 0 Å². The zero-order valence-electron chi connectivity index (χ0n) is 15.2. The molecule has 0 aliphatic carbocycles. The number of nitrogens with one attached hydrogen (secondary N) is 2. The van der Waals surface area contributed by atoms with E-state index in [-0.39, 0.29) is 10.6 Å². The van der Waals surface area contributed by atoms with Crippen molar-refractivity contribution in [2.75, 3.05) is 18.5 Å². The van der Waals surface area contributed by atoms with Crippen LogP contribution in [0.2, 0.25) is 0 Å². The number of rotatable bonds is 11. The van der Waals surface area contributed by atoms with E-state index in [0.717, 1.165) is 25.7 Å². The number of nitrogens with zero attached hydrogens (tertiary/aromatic N) is 3. The van der Waals surface area contributed by atoms with Crippen LogP contribution in [-0.2, 0) is 10.0 Å². The Hall–Kier alpha value is -2.44. The smallest absolute Gasteiger partial charge is 0.243 e. The average Bonchev–Trinajstić information content (AvgIpc) is 2.62. The summed E-state index contributed by atoms with van der Waals surface area (Å²) in [5.41, 5.74) is 8.05. The summed E-state index contributed by atoms with van der Waals surface area (Å²) in [4.78, 5) is 0.214. The first-order valence-corrected chi connectivity index (χ1v) is 9.99. The highest BCUT2D eigenvalue weighted by molar-refractivity contribution is 7.89. The van der Waals surface area contributed by atoms with Crippen molar-refractivity contribution in [1.82, 2.24) is 4.31 Å². The Bertz CT molecular complexity index is 757. The largest absolute Gasteiger partial charge is 0.382 e. The number of hydrogen-bond acceptors (Lipinski definition) is 6. The zero-order valence-corrected chi connectivity index (χ0v) is 16.0. The Morgan fingerprint density at radius 2 is 1.77 bits per heavy atom. The first-order chi connectivity index (χ1) is 12.4. The molecule has 0 bridgehead atoms. The molecule has 8 nitrogen and oxygen atoms in total. The maximum Gasteiger partial charge on any atom is 0.243 e. The van der Waals surface area contributed by atoms with E-state index in [2.05, 4.69) is 10.5 Å². The van der Waals surface area contributed by atoms with Gasteiger partial charge in [-0.2, -0.15) is 14.7 Å². The first kappa shape index (κ1) is 21.6. The summed E-state index contributed by atoms with van der Waals surface area (Å²) in [5.74, 6) is -0.443. The highest BCUT2D eigenvalue weighted by atomic mass is 32.2. The third-order valence-electron chi connectivity index (χ3n) is 3.67. The number of nitrogens with two attached hydrogens (primary N) is 1. The van der Waals surface area contributed by atoms with Crippen LogP contribution in [0.1, 0.15) is 39.5 Å². The minimum absolute atomic E-state index is 0.214. The van der Waals surface area contributed by atoms with Crippen LogP contribution in [-0.4, -0.2) is 37.4 Å². The zero-order chi connectivity index (χ0) is 19.6. The van der Waals surface area contributed by atoms with Gasteiger partial charge in [-0.3, -0.25) is 10.8 Å². The van der Waals surface area contributed by atoms with Crippen LogP contribution in [0.15, 0.2) is 34.3 Å². The van der Waals surface area contributed by atoms with Crippen molar-refractivity contribution in [2.24, 2.45) is 10.8 Å². The van der Waals surface area contributed by atoms with Gasteiger partial charge in [0.2, 0.25) is 15.7 Å². The second-order valence-electron chi connectivity index (χ2n) is 5.73. The van der Waals surface area contributed by atoms with Gasteiger partial charge in [-0.1, -0.05) is 26.7 Å². The summed E-state index contributed by atoms with van der Waals surface area (Å²) in [5, 5.41) is 19.7. The van der Waals surface area contributed by atoms with E-state index in [9.17, 15) is 8.42 Å². The van der Waals surface area contributed by atoms with Gasteiger partial charge >= 0.3 is 0 Å². The Morgan fingerprint density at radius 1 is 1.23 bits per heavy atom. The predicted octanol–water partition coefficient (Wildman–Crippen LogP) is 2.50. The Labute approximate surface area is 155 Å². The van der Waals surface area contributed by atoms with E-state index in [1.807, 2.05) is 13.8 Å². The van der Waals surface area contributed by atoms with Gasteiger partial charge in [0, 0.05) is 13.1 Å². The molecule has 9 heteroatoms. The fourth-order valence-electron chi connectivity index (χ4n) is 2.14. The number of hydrazone groups is 1. The van der Waals surface area contributed by atoms with Crippen molar-refractivity contribution in [3.8, 4) is 6.07 Å². The molecule has 0 aliphatic heterocycles. The van der Waals surface area contributed by atoms with E-state index >= 15 is 0 Å². The van der Waals surface area contributed by atoms with E-state index in [1.165, 1.54) is 16.4 Å². The fourth-order valence-corrected chi connectivity index (χ4v) is 3.65. The molecule has 4 N–H and O–H groups in total. The standard InChI is InChI=1S/C17H26N6O2S/c1-3-5-11-23(12-6-4-2)26(24,25)15-9-7-14(8-10-15)21-22-16(13-18)17(19)20/h7-10,21H,3-6,11-12H2,1-2H3,(H3,19,20)/b22-16+. The number of hydrogen-bond donors (Lipinski definition) is 3. The lowest BCUT2D eigenvalue weighted by atomic mass is 10.3. The summed E-state index contributed by atoms with van der Waals surface area (Å²) in [6.07, 6.45) is 3.49. The molecule has 0 saturated heterocycles. The monoisotopic (exact) mass is 378 g/mol. The van der Waals surface area contributed by atoms with Gasteiger partial charge in [0.25, 0.3) is 0 Å². The third-order valence-corrected chi connectivity index (χ3v) is 5.58. The molecule has 1 aromatic rings. The van der Waals surface area contributed by atoms with Gasteiger partial charge in [0.1, 0.15) is 6.07 Å². The molecule has 0 fully saturated rings. The number of benzene rings is 1. The molecule has 0 heterocycles. The van der Waals surface area contributed by atoms with Crippen molar-refractivity contribution in [1.29, 1.82) is 10.7 Å². The van der Waals surface area contributed by atoms with Crippen LogP contribution in [0.3, 0.4) is 0 Å². The Balaban J connectivity index is 2.96. The fraction of sp³-hybridized carbons (Fsp3) is 0.471. The summed E-state index contributed by atoms with van der Waals surface area (Å²) >= 11 is 0. The van der Waals surface area contributed by atoms with Crippen molar-refractivity contribution in [3.63, 3.8) is 0 Å². The summed E-state index contributed by atoms with van der Waals surface area (Å²) in [6.45, 7) is 5.07. The van der Waals surface area contributed by atoms with E-state index in [0.29, 0.717) is 18.8 Å². The van der Waals surface area contributed by atoms with Crippen LogP contribution >= 0.6 is 0 Å². The van der Waals surface area contributed by atoms with E-state index < -0.39 is 15.9 Å². The third kappa shape index (κ3) is 6.13. The second kappa shape index (κ2) is 10.5. The van der Waals surface area contributed by atoms with Crippen molar-refractivity contribution >= 4 is 27.3 Å². The van der Waals surface area contributed by atoms with E-state index in [4.69, 9.17) is 16.4 Å². The van der Waals surface area contributed by atoms with Crippen LogP contribution < -0.4 is 11.2 Å². The molecule has 0 amide bonds. The molecule has 0 aliphatic rings. The number of sulfonamides is 1. The summed E-state index contributed by atoms with van der Waals surface area (Å²) in [7, 11) is -3.55. The van der Waals surface area contributed by atoms with Gasteiger partial charge in [-0.25, -0.2) is 8.42 Å². The molecule has 0 aromatic heterocycles. The van der Waals surface area contributed by atoms with Crippen LogP contribution in [0.4, 0.5) is 5.69 Å². The Morgan fingerprint density at radius 3 is 2.19 bits per heavy atom. The second-order valence-corrected chi connectivity index (χ2v) is 7.67. The average molecular weight is 379 g/mol. The van der Waals surface area contributed by atoms with Gasteiger partial charge in [0.15, 0.2) is 5.84 Å². The molecular formula is C17H26N6O2S. The lowest BCUT2D eigenvalue weighted by Gasteiger charge is -2.22. The molecule has 26 heavy (non-hydrogen) atoms. The normalized spacial score (nSPS) is 12.0. The summed E-state index contributed by atoms with van der Waals surface area (Å²) in [6, 6.07) is 7.81.